The van der Waals surface area contributed by atoms with Gasteiger partial charge < -0.3 is 15.6 Å². The van der Waals surface area contributed by atoms with Crippen molar-refractivity contribution in [3.05, 3.63) is 35.2 Å². The first-order valence-electron chi connectivity index (χ1n) is 8.24. The highest BCUT2D eigenvalue weighted by atomic mass is 35.5. The molecule has 1 amide bonds. The maximum atomic E-state index is 11.7. The number of aromatic nitrogens is 2. The zero-order valence-corrected chi connectivity index (χ0v) is 14.4. The van der Waals surface area contributed by atoms with Crippen molar-refractivity contribution in [2.75, 3.05) is 13.1 Å². The van der Waals surface area contributed by atoms with E-state index in [1.54, 1.807) is 12.1 Å². The predicted octanol–water partition coefficient (Wildman–Crippen LogP) is 2.96. The van der Waals surface area contributed by atoms with Crippen LogP contribution in [0.3, 0.4) is 0 Å². The summed E-state index contributed by atoms with van der Waals surface area (Å²) in [4.78, 5) is 16.0. The minimum atomic E-state index is 0.0531. The molecule has 7 heteroatoms. The summed E-state index contributed by atoms with van der Waals surface area (Å²) in [5, 5.41) is 7.43. The van der Waals surface area contributed by atoms with Crippen LogP contribution in [0.1, 0.15) is 38.0 Å². The van der Waals surface area contributed by atoms with Gasteiger partial charge in [-0.15, -0.1) is 0 Å². The number of halogens is 1. The second-order valence-corrected chi connectivity index (χ2v) is 6.01. The number of amides is 1. The lowest BCUT2D eigenvalue weighted by molar-refractivity contribution is -0.121. The second kappa shape index (κ2) is 10.1. The lowest BCUT2D eigenvalue weighted by Crippen LogP contribution is -2.25. The average molecular weight is 351 g/mol. The van der Waals surface area contributed by atoms with Crippen molar-refractivity contribution in [2.24, 2.45) is 5.73 Å². The Morgan fingerprint density at radius 3 is 2.88 bits per heavy atom. The molecule has 1 heterocycles. The van der Waals surface area contributed by atoms with Crippen LogP contribution in [-0.2, 0) is 11.2 Å². The van der Waals surface area contributed by atoms with Crippen molar-refractivity contribution < 1.29 is 9.32 Å². The van der Waals surface area contributed by atoms with Crippen LogP contribution in [0.5, 0.6) is 0 Å². The van der Waals surface area contributed by atoms with Gasteiger partial charge in [0.2, 0.25) is 17.6 Å². The van der Waals surface area contributed by atoms with Crippen LogP contribution in [-0.4, -0.2) is 29.1 Å². The summed E-state index contributed by atoms with van der Waals surface area (Å²) in [5.74, 6) is 1.05. The number of nitrogens with one attached hydrogen (secondary N) is 1. The Kier molecular flexibility index (Phi) is 7.71. The molecule has 0 spiro atoms. The predicted molar refractivity (Wildman–Crippen MR) is 93.6 cm³/mol. The van der Waals surface area contributed by atoms with E-state index in [1.165, 1.54) is 0 Å². The molecule has 0 unspecified atom stereocenters. The number of rotatable bonds is 10. The Balaban J connectivity index is 1.69. The molecular formula is C17H23ClN4O2. The minimum Gasteiger partial charge on any atom is -0.356 e. The molecule has 6 nitrogen and oxygen atoms in total. The molecule has 2 aromatic rings. The molecule has 0 aliphatic carbocycles. The number of carbonyl (C=O) groups excluding carboxylic acids is 1. The van der Waals surface area contributed by atoms with Gasteiger partial charge >= 0.3 is 0 Å². The van der Waals surface area contributed by atoms with E-state index in [2.05, 4.69) is 15.5 Å². The summed E-state index contributed by atoms with van der Waals surface area (Å²) in [7, 11) is 0. The van der Waals surface area contributed by atoms with Gasteiger partial charge in [0.05, 0.1) is 0 Å². The lowest BCUT2D eigenvalue weighted by atomic mass is 10.1. The van der Waals surface area contributed by atoms with Crippen LogP contribution in [0.2, 0.25) is 5.02 Å². The molecule has 0 atom stereocenters. The third-order valence-corrected chi connectivity index (χ3v) is 3.80. The van der Waals surface area contributed by atoms with Crippen LogP contribution >= 0.6 is 11.6 Å². The summed E-state index contributed by atoms with van der Waals surface area (Å²) < 4.78 is 5.20. The Morgan fingerprint density at radius 1 is 1.25 bits per heavy atom. The van der Waals surface area contributed by atoms with Crippen LogP contribution < -0.4 is 11.1 Å². The van der Waals surface area contributed by atoms with Gasteiger partial charge in [-0.1, -0.05) is 41.7 Å². The average Bonchev–Trinajstić information content (AvgIpc) is 3.04. The smallest absolute Gasteiger partial charge is 0.228 e. The number of nitrogens with two attached hydrogens (primary N) is 1. The van der Waals surface area contributed by atoms with Crippen molar-refractivity contribution in [2.45, 2.75) is 38.5 Å². The molecule has 0 saturated heterocycles. The van der Waals surface area contributed by atoms with E-state index < -0.39 is 0 Å². The molecule has 0 aliphatic rings. The molecule has 1 aromatic heterocycles. The standard InChI is InChI=1S/C17H23ClN4O2/c18-14-7-5-6-13(12-14)17-21-16(24-22-17)9-11-20-15(23)8-3-1-2-4-10-19/h5-7,12H,1-4,8-11,19H2,(H,20,23). The summed E-state index contributed by atoms with van der Waals surface area (Å²) >= 11 is 5.95. The third-order valence-electron chi connectivity index (χ3n) is 3.57. The van der Waals surface area contributed by atoms with Gasteiger partial charge in [-0.3, -0.25) is 4.79 Å². The van der Waals surface area contributed by atoms with E-state index in [9.17, 15) is 4.79 Å². The Morgan fingerprint density at radius 2 is 2.08 bits per heavy atom. The van der Waals surface area contributed by atoms with E-state index >= 15 is 0 Å². The number of hydrogen-bond donors (Lipinski definition) is 2. The van der Waals surface area contributed by atoms with Crippen LogP contribution in [0.4, 0.5) is 0 Å². The van der Waals surface area contributed by atoms with Gasteiger partial charge in [0.15, 0.2) is 0 Å². The second-order valence-electron chi connectivity index (χ2n) is 5.57. The highest BCUT2D eigenvalue weighted by Crippen LogP contribution is 2.19. The first kappa shape index (κ1) is 18.4. The van der Waals surface area contributed by atoms with Gasteiger partial charge in [0.25, 0.3) is 0 Å². The molecule has 2 rings (SSSR count). The van der Waals surface area contributed by atoms with Crippen molar-refractivity contribution in [3.8, 4) is 11.4 Å². The molecular weight excluding hydrogens is 328 g/mol. The monoisotopic (exact) mass is 350 g/mol. The molecule has 0 saturated carbocycles. The molecule has 0 aliphatic heterocycles. The number of nitrogens with zero attached hydrogens (tertiary/aromatic N) is 2. The van der Waals surface area contributed by atoms with Gasteiger partial charge in [0.1, 0.15) is 0 Å². The highest BCUT2D eigenvalue weighted by Gasteiger charge is 2.09. The molecule has 24 heavy (non-hydrogen) atoms. The van der Waals surface area contributed by atoms with E-state index in [0.29, 0.717) is 42.7 Å². The third kappa shape index (κ3) is 6.29. The summed E-state index contributed by atoms with van der Waals surface area (Å²) in [6, 6.07) is 7.27. The summed E-state index contributed by atoms with van der Waals surface area (Å²) in [6.45, 7) is 1.20. The number of hydrogen-bond acceptors (Lipinski definition) is 5. The quantitative estimate of drug-likeness (QED) is 0.642. The molecule has 0 radical (unpaired) electrons. The molecule has 0 fully saturated rings. The number of carbonyl (C=O) groups is 1. The fourth-order valence-electron chi connectivity index (χ4n) is 2.28. The van der Waals surface area contributed by atoms with Crippen molar-refractivity contribution in [1.82, 2.24) is 15.5 Å². The van der Waals surface area contributed by atoms with Crippen LogP contribution in [0.15, 0.2) is 28.8 Å². The molecule has 1 aromatic carbocycles. The maximum Gasteiger partial charge on any atom is 0.228 e. The normalized spacial score (nSPS) is 10.8. The number of unbranched alkanes of at least 4 members (excludes halogenated alkanes) is 3. The van der Waals surface area contributed by atoms with Gasteiger partial charge in [-0.05, 0) is 31.5 Å². The fourth-order valence-corrected chi connectivity index (χ4v) is 2.47. The van der Waals surface area contributed by atoms with Gasteiger partial charge in [-0.25, -0.2) is 0 Å². The van der Waals surface area contributed by atoms with E-state index in [1.807, 2.05) is 12.1 Å². The van der Waals surface area contributed by atoms with Crippen molar-refractivity contribution in [1.29, 1.82) is 0 Å². The van der Waals surface area contributed by atoms with E-state index in [-0.39, 0.29) is 5.91 Å². The first-order chi connectivity index (χ1) is 11.7. The molecule has 130 valence electrons. The SMILES string of the molecule is NCCCCCCC(=O)NCCc1nc(-c2cccc(Cl)c2)no1. The Bertz CT molecular complexity index is 645. The maximum absolute atomic E-state index is 11.7. The van der Waals surface area contributed by atoms with Crippen molar-refractivity contribution in [3.63, 3.8) is 0 Å². The fraction of sp³-hybridized carbons (Fsp3) is 0.471. The minimum absolute atomic E-state index is 0.0531. The highest BCUT2D eigenvalue weighted by molar-refractivity contribution is 6.30. The zero-order valence-electron chi connectivity index (χ0n) is 13.6. The number of benzene rings is 1. The summed E-state index contributed by atoms with van der Waals surface area (Å²) in [6.07, 6.45) is 5.09. The van der Waals surface area contributed by atoms with Gasteiger partial charge in [-0.2, -0.15) is 4.98 Å². The lowest BCUT2D eigenvalue weighted by Gasteiger charge is -2.03. The molecule has 3 N–H and O–H groups in total. The van der Waals surface area contributed by atoms with Gasteiger partial charge in [0, 0.05) is 30.0 Å². The van der Waals surface area contributed by atoms with Crippen LogP contribution in [0.25, 0.3) is 11.4 Å². The van der Waals surface area contributed by atoms with Crippen LogP contribution in [0, 0.1) is 0 Å². The summed E-state index contributed by atoms with van der Waals surface area (Å²) in [5.41, 5.74) is 6.24. The zero-order chi connectivity index (χ0) is 17.2. The molecule has 0 bridgehead atoms. The first-order valence-corrected chi connectivity index (χ1v) is 8.62. The van der Waals surface area contributed by atoms with E-state index in [4.69, 9.17) is 21.9 Å². The Hall–Kier alpha value is -1.92. The topological polar surface area (TPSA) is 94.0 Å². The largest absolute Gasteiger partial charge is 0.356 e. The van der Waals surface area contributed by atoms with Crippen molar-refractivity contribution >= 4 is 17.5 Å². The van der Waals surface area contributed by atoms with E-state index in [0.717, 1.165) is 31.2 Å². The Labute approximate surface area is 146 Å².